The zero-order valence-corrected chi connectivity index (χ0v) is 10.6. The van der Waals surface area contributed by atoms with Gasteiger partial charge in [-0.1, -0.05) is 65.1 Å². The van der Waals surface area contributed by atoms with E-state index in [-0.39, 0.29) is 6.42 Å². The molecule has 0 heterocycles. The molecule has 0 bridgehead atoms. The molecule has 1 unspecified atom stereocenters. The van der Waals surface area contributed by atoms with Crippen molar-refractivity contribution < 1.29 is 0 Å². The van der Waals surface area contributed by atoms with Crippen molar-refractivity contribution >= 4 is 46.4 Å². The molecular formula is C10H10Cl4. The molecule has 4 heteroatoms. The van der Waals surface area contributed by atoms with Gasteiger partial charge in [-0.2, -0.15) is 0 Å². The standard InChI is InChI=1S/C10H10Cl4/c1-9(11,7-10(12,13)14)8-5-3-2-4-6-8/h2-6H,7H2,1H3. The van der Waals surface area contributed by atoms with Gasteiger partial charge in [-0.3, -0.25) is 0 Å². The molecule has 1 atom stereocenters. The van der Waals surface area contributed by atoms with Gasteiger partial charge in [-0.15, -0.1) is 11.6 Å². The van der Waals surface area contributed by atoms with Gasteiger partial charge in [0.25, 0.3) is 0 Å². The third-order valence-electron chi connectivity index (χ3n) is 1.91. The van der Waals surface area contributed by atoms with Crippen LogP contribution in [-0.2, 0) is 4.87 Å². The van der Waals surface area contributed by atoms with E-state index >= 15 is 0 Å². The van der Waals surface area contributed by atoms with Crippen molar-refractivity contribution in [3.05, 3.63) is 35.9 Å². The van der Waals surface area contributed by atoms with Crippen LogP contribution in [-0.4, -0.2) is 3.79 Å². The van der Waals surface area contributed by atoms with Crippen LogP contribution in [0.2, 0.25) is 0 Å². The van der Waals surface area contributed by atoms with Crippen molar-refractivity contribution in [2.24, 2.45) is 0 Å². The summed E-state index contributed by atoms with van der Waals surface area (Å²) < 4.78 is -1.33. The largest absolute Gasteiger partial charge is 0.192 e. The second-order valence-electron chi connectivity index (χ2n) is 3.36. The normalized spacial score (nSPS) is 16.4. The van der Waals surface area contributed by atoms with E-state index in [4.69, 9.17) is 46.4 Å². The van der Waals surface area contributed by atoms with Gasteiger partial charge in [0.05, 0.1) is 4.87 Å². The van der Waals surface area contributed by atoms with Crippen LogP contribution in [0.15, 0.2) is 30.3 Å². The van der Waals surface area contributed by atoms with Crippen LogP contribution in [0.3, 0.4) is 0 Å². The Morgan fingerprint density at radius 3 is 1.93 bits per heavy atom. The van der Waals surface area contributed by atoms with Gasteiger partial charge in [0.15, 0.2) is 3.79 Å². The summed E-state index contributed by atoms with van der Waals surface area (Å²) in [7, 11) is 0. The Morgan fingerprint density at radius 1 is 1.00 bits per heavy atom. The molecule has 78 valence electrons. The Labute approximate surface area is 104 Å². The molecule has 0 aliphatic rings. The fourth-order valence-corrected chi connectivity index (χ4v) is 2.60. The number of benzene rings is 1. The summed E-state index contributed by atoms with van der Waals surface area (Å²) >= 11 is 23.4. The average molecular weight is 272 g/mol. The van der Waals surface area contributed by atoms with Crippen molar-refractivity contribution in [1.82, 2.24) is 0 Å². The van der Waals surface area contributed by atoms with Crippen LogP contribution in [0, 0.1) is 0 Å². The van der Waals surface area contributed by atoms with Crippen LogP contribution in [0.5, 0.6) is 0 Å². The Hall–Kier alpha value is 0.380. The van der Waals surface area contributed by atoms with Gasteiger partial charge >= 0.3 is 0 Å². The monoisotopic (exact) mass is 270 g/mol. The molecule has 0 aliphatic carbocycles. The van der Waals surface area contributed by atoms with Crippen LogP contribution in [0.25, 0.3) is 0 Å². The summed E-state index contributed by atoms with van der Waals surface area (Å²) in [6, 6.07) is 9.58. The number of hydrogen-bond donors (Lipinski definition) is 0. The predicted molar refractivity (Wildman–Crippen MR) is 64.6 cm³/mol. The van der Waals surface area contributed by atoms with E-state index in [0.29, 0.717) is 0 Å². The van der Waals surface area contributed by atoms with Crippen molar-refractivity contribution in [2.75, 3.05) is 0 Å². The predicted octanol–water partition coefficient (Wildman–Crippen LogP) is 4.90. The first-order valence-electron chi connectivity index (χ1n) is 4.12. The first-order chi connectivity index (χ1) is 6.31. The molecule has 0 fully saturated rings. The van der Waals surface area contributed by atoms with Gasteiger partial charge in [0.2, 0.25) is 0 Å². The quantitative estimate of drug-likeness (QED) is 0.671. The van der Waals surface area contributed by atoms with Crippen LogP contribution < -0.4 is 0 Å². The molecule has 0 spiro atoms. The fraction of sp³-hybridized carbons (Fsp3) is 0.400. The molecule has 1 aromatic rings. The molecule has 1 aromatic carbocycles. The van der Waals surface area contributed by atoms with Crippen LogP contribution in [0.1, 0.15) is 18.9 Å². The fourth-order valence-electron chi connectivity index (χ4n) is 1.26. The molecule has 0 aliphatic heterocycles. The Kier molecular flexibility index (Phi) is 3.99. The second kappa shape index (κ2) is 4.49. The summed E-state index contributed by atoms with van der Waals surface area (Å²) in [5.74, 6) is 0. The van der Waals surface area contributed by atoms with E-state index in [0.717, 1.165) is 5.56 Å². The lowest BCUT2D eigenvalue weighted by Crippen LogP contribution is -2.21. The van der Waals surface area contributed by atoms with E-state index in [2.05, 4.69) is 0 Å². The maximum Gasteiger partial charge on any atom is 0.192 e. The Balaban J connectivity index is 2.86. The van der Waals surface area contributed by atoms with E-state index in [1.54, 1.807) is 0 Å². The van der Waals surface area contributed by atoms with E-state index in [9.17, 15) is 0 Å². The first kappa shape index (κ1) is 12.4. The molecule has 0 amide bonds. The highest BCUT2D eigenvalue weighted by molar-refractivity contribution is 6.67. The third kappa shape index (κ3) is 3.86. The highest BCUT2D eigenvalue weighted by Gasteiger charge is 2.34. The minimum absolute atomic E-state index is 0.274. The van der Waals surface area contributed by atoms with Crippen LogP contribution in [0.4, 0.5) is 0 Å². The molecule has 0 aromatic heterocycles. The minimum Gasteiger partial charge on any atom is -0.114 e. The molecule has 1 rings (SSSR count). The maximum atomic E-state index is 6.29. The average Bonchev–Trinajstić information content (AvgIpc) is 2.01. The van der Waals surface area contributed by atoms with Gasteiger partial charge in [-0.05, 0) is 12.5 Å². The summed E-state index contributed by atoms with van der Waals surface area (Å²) in [6.45, 7) is 1.84. The van der Waals surface area contributed by atoms with Crippen molar-refractivity contribution in [1.29, 1.82) is 0 Å². The molecule has 0 radical (unpaired) electrons. The van der Waals surface area contributed by atoms with Gasteiger partial charge < -0.3 is 0 Å². The molecule has 14 heavy (non-hydrogen) atoms. The zero-order chi connectivity index (χ0) is 10.8. The zero-order valence-electron chi connectivity index (χ0n) is 7.61. The summed E-state index contributed by atoms with van der Waals surface area (Å²) in [4.78, 5) is -0.646. The highest BCUT2D eigenvalue weighted by atomic mass is 35.6. The van der Waals surface area contributed by atoms with Gasteiger partial charge in [0.1, 0.15) is 0 Å². The molecule has 0 N–H and O–H groups in total. The maximum absolute atomic E-state index is 6.29. The third-order valence-corrected chi connectivity index (χ3v) is 2.66. The van der Waals surface area contributed by atoms with Crippen molar-refractivity contribution in [3.8, 4) is 0 Å². The number of hydrogen-bond acceptors (Lipinski definition) is 0. The second-order valence-corrected chi connectivity index (χ2v) is 6.71. The first-order valence-corrected chi connectivity index (χ1v) is 5.64. The highest BCUT2D eigenvalue weighted by Crippen LogP contribution is 2.43. The lowest BCUT2D eigenvalue weighted by molar-refractivity contribution is 0.619. The topological polar surface area (TPSA) is 0 Å². The number of rotatable bonds is 2. The Morgan fingerprint density at radius 2 is 1.50 bits per heavy atom. The summed E-state index contributed by atoms with van der Waals surface area (Å²) in [6.07, 6.45) is 0.274. The number of alkyl halides is 4. The molecule has 0 nitrogen and oxygen atoms in total. The molecule has 0 saturated carbocycles. The molecule has 0 saturated heterocycles. The van der Waals surface area contributed by atoms with E-state index in [1.165, 1.54) is 0 Å². The van der Waals surface area contributed by atoms with Crippen molar-refractivity contribution in [2.45, 2.75) is 22.0 Å². The number of halogens is 4. The van der Waals surface area contributed by atoms with Crippen LogP contribution >= 0.6 is 46.4 Å². The summed E-state index contributed by atoms with van der Waals surface area (Å²) in [5, 5.41) is 0. The smallest absolute Gasteiger partial charge is 0.114 e. The van der Waals surface area contributed by atoms with Gasteiger partial charge in [-0.25, -0.2) is 0 Å². The van der Waals surface area contributed by atoms with E-state index in [1.807, 2.05) is 37.3 Å². The Bertz CT molecular complexity index is 287. The van der Waals surface area contributed by atoms with Crippen molar-refractivity contribution in [3.63, 3.8) is 0 Å². The molecular weight excluding hydrogens is 262 g/mol. The lowest BCUT2D eigenvalue weighted by atomic mass is 9.97. The lowest BCUT2D eigenvalue weighted by Gasteiger charge is -2.26. The van der Waals surface area contributed by atoms with E-state index < -0.39 is 8.67 Å². The SMILES string of the molecule is CC(Cl)(CC(Cl)(Cl)Cl)c1ccccc1. The summed E-state index contributed by atoms with van der Waals surface area (Å²) in [5.41, 5.74) is 0.952. The van der Waals surface area contributed by atoms with Gasteiger partial charge in [0, 0.05) is 6.42 Å². The minimum atomic E-state index is -1.33.